The van der Waals surface area contributed by atoms with Crippen molar-refractivity contribution in [3.63, 3.8) is 0 Å². The van der Waals surface area contributed by atoms with Gasteiger partial charge in [-0.1, -0.05) is 35.9 Å². The summed E-state index contributed by atoms with van der Waals surface area (Å²) in [6, 6.07) is 15.5. The van der Waals surface area contributed by atoms with Crippen LogP contribution in [0.4, 0.5) is 0 Å². The quantitative estimate of drug-likeness (QED) is 0.701. The van der Waals surface area contributed by atoms with Crippen molar-refractivity contribution in [2.24, 2.45) is 0 Å². The van der Waals surface area contributed by atoms with Crippen molar-refractivity contribution in [2.45, 2.75) is 26.3 Å². The number of aryl methyl sites for hydroxylation is 1. The molecule has 0 aliphatic carbocycles. The van der Waals surface area contributed by atoms with Gasteiger partial charge in [-0.25, -0.2) is 0 Å². The Morgan fingerprint density at radius 3 is 2.70 bits per heavy atom. The van der Waals surface area contributed by atoms with Crippen LogP contribution in [0, 0.1) is 6.92 Å². The molecule has 0 fully saturated rings. The van der Waals surface area contributed by atoms with Gasteiger partial charge in [0.05, 0.1) is 6.61 Å². The van der Waals surface area contributed by atoms with Gasteiger partial charge in [0.1, 0.15) is 5.75 Å². The summed E-state index contributed by atoms with van der Waals surface area (Å²) < 4.78 is 5.66. The predicted octanol–water partition coefficient (Wildman–Crippen LogP) is 4.47. The molecule has 23 heavy (non-hydrogen) atoms. The molecular formula is C19H22ClNO2. The first kappa shape index (κ1) is 17.4. The van der Waals surface area contributed by atoms with Gasteiger partial charge in [-0.3, -0.25) is 4.79 Å². The van der Waals surface area contributed by atoms with Crippen LogP contribution in [0.5, 0.6) is 5.75 Å². The molecule has 0 spiro atoms. The molecule has 0 aliphatic heterocycles. The van der Waals surface area contributed by atoms with Crippen LogP contribution in [-0.4, -0.2) is 24.5 Å². The fourth-order valence-corrected chi connectivity index (χ4v) is 2.52. The molecule has 0 saturated heterocycles. The third kappa shape index (κ3) is 5.95. The number of halogens is 1. The summed E-state index contributed by atoms with van der Waals surface area (Å²) in [6.45, 7) is 3.14. The number of benzene rings is 2. The Labute approximate surface area is 142 Å². The molecule has 0 aliphatic rings. The van der Waals surface area contributed by atoms with Gasteiger partial charge in [-0.15, -0.1) is 0 Å². The van der Waals surface area contributed by atoms with Gasteiger partial charge in [0.2, 0.25) is 5.91 Å². The highest BCUT2D eigenvalue weighted by atomic mass is 35.5. The smallest absolute Gasteiger partial charge is 0.222 e. The Balaban J connectivity index is 1.71. The maximum Gasteiger partial charge on any atom is 0.222 e. The summed E-state index contributed by atoms with van der Waals surface area (Å²) in [7, 11) is 1.81. The lowest BCUT2D eigenvalue weighted by Gasteiger charge is -2.17. The van der Waals surface area contributed by atoms with Gasteiger partial charge in [0, 0.05) is 25.0 Å². The monoisotopic (exact) mass is 331 g/mol. The van der Waals surface area contributed by atoms with Crippen LogP contribution < -0.4 is 4.74 Å². The van der Waals surface area contributed by atoms with Crippen molar-refractivity contribution in [3.8, 4) is 5.75 Å². The topological polar surface area (TPSA) is 29.5 Å². The molecule has 0 N–H and O–H groups in total. The molecule has 0 bridgehead atoms. The minimum atomic E-state index is 0.109. The number of nitrogens with zero attached hydrogens (tertiary/aromatic N) is 1. The van der Waals surface area contributed by atoms with E-state index in [1.54, 1.807) is 4.90 Å². The molecule has 2 aromatic carbocycles. The maximum absolute atomic E-state index is 12.1. The zero-order chi connectivity index (χ0) is 16.7. The third-order valence-corrected chi connectivity index (χ3v) is 3.76. The molecule has 4 heteroatoms. The summed E-state index contributed by atoms with van der Waals surface area (Å²) in [5, 5.41) is 0.690. The first-order valence-electron chi connectivity index (χ1n) is 7.72. The summed E-state index contributed by atoms with van der Waals surface area (Å²) in [5.41, 5.74) is 2.20. The molecule has 2 rings (SSSR count). The molecular weight excluding hydrogens is 310 g/mol. The molecule has 0 saturated carbocycles. The molecule has 0 heterocycles. The predicted molar refractivity (Wildman–Crippen MR) is 93.8 cm³/mol. The standard InChI is InChI=1S/C19H22ClNO2/c1-15-6-3-9-18(12-15)23-11-5-10-19(22)21(2)14-16-7-4-8-17(20)13-16/h3-4,6-9,12-13H,5,10-11,14H2,1-2H3. The number of hydrogen-bond donors (Lipinski definition) is 0. The van der Waals surface area contributed by atoms with Crippen LogP contribution in [0.15, 0.2) is 48.5 Å². The van der Waals surface area contributed by atoms with Gasteiger partial charge in [-0.2, -0.15) is 0 Å². The fraction of sp³-hybridized carbons (Fsp3) is 0.316. The number of carbonyl (C=O) groups is 1. The molecule has 0 aromatic heterocycles. The number of rotatable bonds is 7. The van der Waals surface area contributed by atoms with E-state index in [2.05, 4.69) is 0 Å². The first-order valence-corrected chi connectivity index (χ1v) is 8.10. The zero-order valence-corrected chi connectivity index (χ0v) is 14.3. The highest BCUT2D eigenvalue weighted by molar-refractivity contribution is 6.30. The van der Waals surface area contributed by atoms with E-state index >= 15 is 0 Å². The summed E-state index contributed by atoms with van der Waals surface area (Å²) in [4.78, 5) is 13.9. The molecule has 0 atom stereocenters. The average molecular weight is 332 g/mol. The lowest BCUT2D eigenvalue weighted by atomic mass is 10.2. The van der Waals surface area contributed by atoms with E-state index in [0.717, 1.165) is 11.3 Å². The lowest BCUT2D eigenvalue weighted by Crippen LogP contribution is -2.26. The van der Waals surface area contributed by atoms with Gasteiger partial charge in [0.25, 0.3) is 0 Å². The van der Waals surface area contributed by atoms with Crippen LogP contribution in [0.2, 0.25) is 5.02 Å². The molecule has 1 amide bonds. The molecule has 2 aromatic rings. The molecule has 122 valence electrons. The van der Waals surface area contributed by atoms with Crippen molar-refractivity contribution in [1.82, 2.24) is 4.90 Å². The number of carbonyl (C=O) groups excluding carboxylic acids is 1. The summed E-state index contributed by atoms with van der Waals surface area (Å²) in [6.07, 6.45) is 1.18. The van der Waals surface area contributed by atoms with E-state index in [1.807, 2.05) is 62.5 Å². The van der Waals surface area contributed by atoms with Crippen LogP contribution in [0.25, 0.3) is 0 Å². The second-order valence-corrected chi connectivity index (χ2v) is 6.08. The maximum atomic E-state index is 12.1. The largest absolute Gasteiger partial charge is 0.494 e. The summed E-state index contributed by atoms with van der Waals surface area (Å²) in [5.74, 6) is 0.961. The average Bonchev–Trinajstić information content (AvgIpc) is 2.51. The zero-order valence-electron chi connectivity index (χ0n) is 13.6. The van der Waals surface area contributed by atoms with Crippen LogP contribution in [-0.2, 0) is 11.3 Å². The molecule has 0 radical (unpaired) electrons. The molecule has 0 unspecified atom stereocenters. The van der Waals surface area contributed by atoms with Gasteiger partial charge < -0.3 is 9.64 Å². The lowest BCUT2D eigenvalue weighted by molar-refractivity contribution is -0.130. The van der Waals surface area contributed by atoms with E-state index < -0.39 is 0 Å². The highest BCUT2D eigenvalue weighted by Gasteiger charge is 2.09. The minimum absolute atomic E-state index is 0.109. The van der Waals surface area contributed by atoms with Crippen molar-refractivity contribution in [2.75, 3.05) is 13.7 Å². The van der Waals surface area contributed by atoms with Crippen molar-refractivity contribution in [1.29, 1.82) is 0 Å². The number of hydrogen-bond acceptors (Lipinski definition) is 2. The van der Waals surface area contributed by atoms with E-state index in [4.69, 9.17) is 16.3 Å². The number of ether oxygens (including phenoxy) is 1. The Bertz CT molecular complexity index is 657. The first-order chi connectivity index (χ1) is 11.0. The highest BCUT2D eigenvalue weighted by Crippen LogP contribution is 2.14. The minimum Gasteiger partial charge on any atom is -0.494 e. The van der Waals surface area contributed by atoms with Crippen molar-refractivity contribution in [3.05, 3.63) is 64.7 Å². The third-order valence-electron chi connectivity index (χ3n) is 3.53. The molecule has 3 nitrogen and oxygen atoms in total. The van der Waals surface area contributed by atoms with E-state index in [-0.39, 0.29) is 5.91 Å². The Morgan fingerprint density at radius 2 is 1.96 bits per heavy atom. The van der Waals surface area contributed by atoms with Gasteiger partial charge in [-0.05, 0) is 48.7 Å². The normalized spacial score (nSPS) is 10.4. The van der Waals surface area contributed by atoms with Crippen LogP contribution in [0.1, 0.15) is 24.0 Å². The van der Waals surface area contributed by atoms with Crippen LogP contribution in [0.3, 0.4) is 0 Å². The van der Waals surface area contributed by atoms with E-state index in [1.165, 1.54) is 5.56 Å². The van der Waals surface area contributed by atoms with Gasteiger partial charge >= 0.3 is 0 Å². The second kappa shape index (κ2) is 8.59. The summed E-state index contributed by atoms with van der Waals surface area (Å²) >= 11 is 5.96. The second-order valence-electron chi connectivity index (χ2n) is 5.65. The van der Waals surface area contributed by atoms with Gasteiger partial charge in [0.15, 0.2) is 0 Å². The Morgan fingerprint density at radius 1 is 1.17 bits per heavy atom. The fourth-order valence-electron chi connectivity index (χ4n) is 2.31. The van der Waals surface area contributed by atoms with Crippen molar-refractivity contribution < 1.29 is 9.53 Å². The van der Waals surface area contributed by atoms with E-state index in [9.17, 15) is 4.79 Å². The Hall–Kier alpha value is -2.00. The van der Waals surface area contributed by atoms with Crippen molar-refractivity contribution >= 4 is 17.5 Å². The van der Waals surface area contributed by atoms with E-state index in [0.29, 0.717) is 31.0 Å². The van der Waals surface area contributed by atoms with Crippen LogP contribution >= 0.6 is 11.6 Å². The Kier molecular flexibility index (Phi) is 6.48. The SMILES string of the molecule is Cc1cccc(OCCCC(=O)N(C)Cc2cccc(Cl)c2)c1. The number of amides is 1.